The second kappa shape index (κ2) is 14.0. The standard InChI is InChI=1S/C31H37ClFN5O5S/c1-19(2)28(21-9-11-22(32)12-10-21)29(34)30(39)36-27-16-35-15-26(33)25(27)14-13-23-18-37(31(40)41)17-20(3)38(23)44(42,43)24-7-5-4-6-8-24/h4-12,15-16,19-20,23,28-29H,13-14,17-18,34H2,1-3H3,(H,36,39)(H,40,41)/t20?,23?,28-,29+/m1/s1. The molecule has 236 valence electrons. The molecule has 1 aromatic heterocycles. The lowest BCUT2D eigenvalue weighted by Gasteiger charge is -2.43. The number of halogens is 2. The molecule has 2 heterocycles. The third-order valence-corrected chi connectivity index (χ3v) is 10.3. The number of rotatable bonds is 10. The van der Waals surface area contributed by atoms with Gasteiger partial charge in [0.05, 0.1) is 29.0 Å². The van der Waals surface area contributed by atoms with E-state index in [1.54, 1.807) is 37.3 Å². The Balaban J connectivity index is 1.59. The lowest BCUT2D eigenvalue weighted by Crippen LogP contribution is -2.60. The van der Waals surface area contributed by atoms with Crippen LogP contribution in [0.1, 0.15) is 44.2 Å². The molecule has 1 fully saturated rings. The van der Waals surface area contributed by atoms with Crippen molar-refractivity contribution < 1.29 is 27.5 Å². The minimum absolute atomic E-state index is 0.00431. The summed E-state index contributed by atoms with van der Waals surface area (Å²) in [4.78, 5) is 30.4. The lowest BCUT2D eigenvalue weighted by atomic mass is 9.82. The summed E-state index contributed by atoms with van der Waals surface area (Å²) >= 11 is 6.04. The van der Waals surface area contributed by atoms with Crippen LogP contribution in [-0.4, -0.2) is 70.9 Å². The number of hydrogen-bond donors (Lipinski definition) is 3. The molecule has 1 saturated heterocycles. The van der Waals surface area contributed by atoms with Crippen LogP contribution in [0.2, 0.25) is 5.02 Å². The van der Waals surface area contributed by atoms with Gasteiger partial charge in [0.2, 0.25) is 15.9 Å². The summed E-state index contributed by atoms with van der Waals surface area (Å²) < 4.78 is 43.9. The topological polar surface area (TPSA) is 146 Å². The molecule has 0 radical (unpaired) electrons. The molecule has 0 spiro atoms. The van der Waals surface area contributed by atoms with Gasteiger partial charge in [-0.1, -0.05) is 55.8 Å². The van der Waals surface area contributed by atoms with Crippen LogP contribution in [0.3, 0.4) is 0 Å². The molecule has 0 saturated carbocycles. The molecule has 13 heteroatoms. The van der Waals surface area contributed by atoms with E-state index in [4.69, 9.17) is 17.3 Å². The zero-order valence-electron chi connectivity index (χ0n) is 24.7. The average molecular weight is 646 g/mol. The number of piperazine rings is 1. The minimum atomic E-state index is -4.00. The molecule has 44 heavy (non-hydrogen) atoms. The van der Waals surface area contributed by atoms with Crippen molar-refractivity contribution in [3.63, 3.8) is 0 Å². The van der Waals surface area contributed by atoms with E-state index in [0.717, 1.165) is 11.8 Å². The Hall–Kier alpha value is -3.58. The van der Waals surface area contributed by atoms with Crippen LogP contribution >= 0.6 is 11.6 Å². The Morgan fingerprint density at radius 1 is 1.11 bits per heavy atom. The fourth-order valence-electron chi connectivity index (χ4n) is 5.90. The van der Waals surface area contributed by atoms with E-state index < -0.39 is 46.0 Å². The minimum Gasteiger partial charge on any atom is -0.465 e. The molecule has 2 amide bonds. The zero-order chi connectivity index (χ0) is 32.2. The number of anilines is 1. The summed E-state index contributed by atoms with van der Waals surface area (Å²) in [6, 6.07) is 12.5. The molecule has 0 bridgehead atoms. The van der Waals surface area contributed by atoms with Crippen LogP contribution in [-0.2, 0) is 21.2 Å². The normalized spacial score (nSPS) is 19.0. The highest BCUT2D eigenvalue weighted by Gasteiger charge is 2.42. The molecule has 2 aromatic carbocycles. The fourth-order valence-corrected chi connectivity index (χ4v) is 7.87. The fraction of sp³-hybridized carbons (Fsp3) is 0.387. The highest BCUT2D eigenvalue weighted by molar-refractivity contribution is 7.89. The van der Waals surface area contributed by atoms with Crippen molar-refractivity contribution in [3.05, 3.63) is 89.0 Å². The monoisotopic (exact) mass is 645 g/mol. The first kappa shape index (κ1) is 33.3. The molecule has 2 unspecified atom stereocenters. The summed E-state index contributed by atoms with van der Waals surface area (Å²) in [6.07, 6.45) is 1.24. The maximum Gasteiger partial charge on any atom is 0.407 e. The number of carboxylic acid groups (broad SMARTS) is 1. The number of pyridine rings is 1. The van der Waals surface area contributed by atoms with Crippen LogP contribution in [0.5, 0.6) is 0 Å². The van der Waals surface area contributed by atoms with Gasteiger partial charge in [-0.25, -0.2) is 17.6 Å². The van der Waals surface area contributed by atoms with E-state index in [1.165, 1.54) is 27.5 Å². The summed E-state index contributed by atoms with van der Waals surface area (Å²) in [7, 11) is -4.00. The number of carbonyl (C=O) groups excluding carboxylic acids is 1. The van der Waals surface area contributed by atoms with Gasteiger partial charge in [-0.05, 0) is 55.5 Å². The quantitative estimate of drug-likeness (QED) is 0.283. The maximum atomic E-state index is 15.2. The number of aromatic nitrogens is 1. The Morgan fingerprint density at radius 2 is 1.77 bits per heavy atom. The third-order valence-electron chi connectivity index (χ3n) is 7.95. The first-order chi connectivity index (χ1) is 20.8. The predicted octanol–water partition coefficient (Wildman–Crippen LogP) is 4.95. The van der Waals surface area contributed by atoms with E-state index >= 15 is 4.39 Å². The van der Waals surface area contributed by atoms with Gasteiger partial charge in [0.15, 0.2) is 0 Å². The number of amides is 2. The van der Waals surface area contributed by atoms with E-state index in [0.29, 0.717) is 5.02 Å². The first-order valence-electron chi connectivity index (χ1n) is 14.3. The van der Waals surface area contributed by atoms with E-state index in [1.807, 2.05) is 26.0 Å². The molecule has 0 aliphatic carbocycles. The van der Waals surface area contributed by atoms with Gasteiger partial charge < -0.3 is 21.1 Å². The molecule has 1 aliphatic rings. The van der Waals surface area contributed by atoms with Gasteiger partial charge in [0, 0.05) is 41.7 Å². The van der Waals surface area contributed by atoms with Gasteiger partial charge in [-0.15, -0.1) is 0 Å². The van der Waals surface area contributed by atoms with Crippen molar-refractivity contribution in [2.45, 2.75) is 62.6 Å². The number of hydrogen-bond acceptors (Lipinski definition) is 6. The number of carbonyl (C=O) groups is 2. The Morgan fingerprint density at radius 3 is 2.39 bits per heavy atom. The number of benzene rings is 2. The number of nitrogens with one attached hydrogen (secondary N) is 1. The van der Waals surface area contributed by atoms with Crippen LogP contribution in [0.4, 0.5) is 14.9 Å². The SMILES string of the molecule is CC(C)[C@H](c1ccc(Cl)cc1)[C@H](N)C(=O)Nc1cncc(F)c1CCC1CN(C(=O)O)CC(C)N1S(=O)(=O)c1ccccc1. The molecule has 4 atom stereocenters. The summed E-state index contributed by atoms with van der Waals surface area (Å²) in [5.74, 6) is -1.60. The maximum absolute atomic E-state index is 15.2. The van der Waals surface area contributed by atoms with E-state index in [9.17, 15) is 23.1 Å². The summed E-state index contributed by atoms with van der Waals surface area (Å²) in [5, 5.41) is 13.0. The lowest BCUT2D eigenvalue weighted by molar-refractivity contribution is -0.118. The van der Waals surface area contributed by atoms with Gasteiger partial charge in [0.1, 0.15) is 5.82 Å². The van der Waals surface area contributed by atoms with Crippen molar-refractivity contribution in [2.24, 2.45) is 11.7 Å². The molecular formula is C31H37ClFN5O5S. The summed E-state index contributed by atoms with van der Waals surface area (Å²) in [5.41, 5.74) is 7.51. The number of nitrogens with two attached hydrogens (primary N) is 1. The van der Waals surface area contributed by atoms with Gasteiger partial charge in [-0.3, -0.25) is 9.78 Å². The van der Waals surface area contributed by atoms with Crippen molar-refractivity contribution in [1.29, 1.82) is 0 Å². The van der Waals surface area contributed by atoms with Gasteiger partial charge >= 0.3 is 6.09 Å². The van der Waals surface area contributed by atoms with Crippen molar-refractivity contribution >= 4 is 39.3 Å². The van der Waals surface area contributed by atoms with Crippen LogP contribution in [0.25, 0.3) is 0 Å². The van der Waals surface area contributed by atoms with E-state index in [2.05, 4.69) is 10.3 Å². The molecule has 10 nitrogen and oxygen atoms in total. The van der Waals surface area contributed by atoms with Crippen LogP contribution in [0.15, 0.2) is 71.9 Å². The molecule has 3 aromatic rings. The predicted molar refractivity (Wildman–Crippen MR) is 166 cm³/mol. The van der Waals surface area contributed by atoms with Gasteiger partial charge in [-0.2, -0.15) is 4.31 Å². The molecule has 1 aliphatic heterocycles. The molecule has 4 N–H and O–H groups in total. The van der Waals surface area contributed by atoms with Gasteiger partial charge in [0.25, 0.3) is 0 Å². The number of nitrogens with zero attached hydrogens (tertiary/aromatic N) is 3. The smallest absolute Gasteiger partial charge is 0.407 e. The third kappa shape index (κ3) is 7.37. The van der Waals surface area contributed by atoms with Crippen LogP contribution < -0.4 is 11.1 Å². The first-order valence-corrected chi connectivity index (χ1v) is 16.1. The second-order valence-corrected chi connectivity index (χ2v) is 13.6. The Kier molecular flexibility index (Phi) is 10.6. The van der Waals surface area contributed by atoms with Crippen LogP contribution in [0, 0.1) is 11.7 Å². The Labute approximate surface area is 262 Å². The number of sulfonamides is 1. The zero-order valence-corrected chi connectivity index (χ0v) is 26.3. The highest BCUT2D eigenvalue weighted by atomic mass is 35.5. The van der Waals surface area contributed by atoms with Crippen molar-refractivity contribution in [1.82, 2.24) is 14.2 Å². The van der Waals surface area contributed by atoms with Crippen molar-refractivity contribution in [2.75, 3.05) is 18.4 Å². The highest BCUT2D eigenvalue weighted by Crippen LogP contribution is 2.31. The van der Waals surface area contributed by atoms with Crippen molar-refractivity contribution in [3.8, 4) is 0 Å². The largest absolute Gasteiger partial charge is 0.465 e. The summed E-state index contributed by atoms with van der Waals surface area (Å²) in [6.45, 7) is 5.44. The Bertz CT molecular complexity index is 1580. The average Bonchev–Trinajstić information content (AvgIpc) is 2.97. The molecule has 4 rings (SSSR count). The van der Waals surface area contributed by atoms with E-state index in [-0.39, 0.29) is 53.9 Å². The molecular weight excluding hydrogens is 609 g/mol. The second-order valence-electron chi connectivity index (χ2n) is 11.4.